The van der Waals surface area contributed by atoms with Gasteiger partial charge in [-0.15, -0.1) is 0 Å². The Hall–Kier alpha value is -6.49. The van der Waals surface area contributed by atoms with E-state index in [0.717, 1.165) is 37.7 Å². The van der Waals surface area contributed by atoms with Gasteiger partial charge in [0.2, 0.25) is 35.4 Å². The number of nitrogens with one attached hydrogen (secondary N) is 7. The van der Waals surface area contributed by atoms with Crippen LogP contribution in [0.25, 0.3) is 0 Å². The van der Waals surface area contributed by atoms with Crippen molar-refractivity contribution in [1.29, 1.82) is 0 Å². The number of amides is 9. The fraction of sp³-hybridized carbons (Fsp3) is 0.694. The molecular formula is C72H112IN9O20. The van der Waals surface area contributed by atoms with Crippen LogP contribution in [0.5, 0.6) is 0 Å². The molecule has 3 saturated heterocycles. The van der Waals surface area contributed by atoms with Crippen molar-refractivity contribution in [3.05, 3.63) is 65.8 Å². The number of alkyl halides is 1. The average Bonchev–Trinajstić information content (AvgIpc) is 1.59. The third-order valence-electron chi connectivity index (χ3n) is 17.7. The molecule has 9 N–H and O–H groups in total. The molecule has 1 aromatic carbocycles. The van der Waals surface area contributed by atoms with E-state index in [4.69, 9.17) is 57.8 Å². The second-order valence-electron chi connectivity index (χ2n) is 26.5. The van der Waals surface area contributed by atoms with Gasteiger partial charge in [0.05, 0.1) is 132 Å². The number of epoxide rings is 1. The minimum Gasteiger partial charge on any atom is -0.459 e. The summed E-state index contributed by atoms with van der Waals surface area (Å²) in [6, 6.07) is 3.66. The number of nitrogens with zero attached hydrogens (tertiary/aromatic N) is 1. The quantitative estimate of drug-likeness (QED) is 0.00549. The maximum absolute atomic E-state index is 13.7. The summed E-state index contributed by atoms with van der Waals surface area (Å²) < 4.78 is 62.9. The van der Waals surface area contributed by atoms with Crippen LogP contribution in [-0.4, -0.2) is 223 Å². The lowest BCUT2D eigenvalue weighted by Crippen LogP contribution is -2.54. The Morgan fingerprint density at radius 3 is 1.95 bits per heavy atom. The van der Waals surface area contributed by atoms with Crippen LogP contribution in [-0.2, 0) is 92.3 Å². The molecule has 0 aromatic heterocycles. The van der Waals surface area contributed by atoms with Crippen LogP contribution in [0.3, 0.4) is 0 Å². The lowest BCUT2D eigenvalue weighted by molar-refractivity contribution is -0.143. The summed E-state index contributed by atoms with van der Waals surface area (Å²) in [5.41, 5.74) is 7.02. The zero-order chi connectivity index (χ0) is 74.2. The van der Waals surface area contributed by atoms with Gasteiger partial charge in [0.15, 0.2) is 0 Å². The van der Waals surface area contributed by atoms with Gasteiger partial charge < -0.3 is 95.1 Å². The first-order chi connectivity index (χ1) is 48.9. The van der Waals surface area contributed by atoms with Gasteiger partial charge in [0.1, 0.15) is 24.8 Å². The predicted octanol–water partition coefficient (Wildman–Crippen LogP) is 5.92. The van der Waals surface area contributed by atoms with Crippen LogP contribution < -0.4 is 43.0 Å². The van der Waals surface area contributed by atoms with Gasteiger partial charge in [-0.25, -0.2) is 9.59 Å². The Labute approximate surface area is 613 Å². The van der Waals surface area contributed by atoms with Crippen LogP contribution in [0.15, 0.2) is 65.2 Å². The van der Waals surface area contributed by atoms with Crippen LogP contribution in [0, 0.1) is 17.8 Å². The normalized spacial score (nSPS) is 23.7. The van der Waals surface area contributed by atoms with E-state index in [-0.39, 0.29) is 136 Å². The van der Waals surface area contributed by atoms with Gasteiger partial charge in [-0.1, -0.05) is 79.3 Å². The molecule has 1 saturated carbocycles. The number of carbonyl (C=O) groups is 9. The van der Waals surface area contributed by atoms with Gasteiger partial charge in [0.25, 0.3) is 0 Å². The van der Waals surface area contributed by atoms with Crippen LogP contribution >= 0.6 is 22.6 Å². The van der Waals surface area contributed by atoms with Crippen molar-refractivity contribution in [1.82, 2.24) is 31.9 Å². The van der Waals surface area contributed by atoms with Crippen molar-refractivity contribution < 1.29 is 95.3 Å². The number of benzene rings is 1. The van der Waals surface area contributed by atoms with Crippen molar-refractivity contribution in [2.75, 3.05) is 102 Å². The summed E-state index contributed by atoms with van der Waals surface area (Å²) in [7, 11) is 0. The molecule has 30 heteroatoms. The SMILES string of the molecule is CC(=O)O[C@@H](C)/C=C\C(=O)N[C@@H]1C[C@H](C)[C@H](C/C=C(C)/C=C/[C@@H]2C[C@]3(C[C@@H](CC(=O)NC4CCC(C=NC(=O)OCc5ccc(NC(=O)[C@H](CCCNC(N)=O)NC(=O)[C@@H](NC(=O)CCOCCOCCOCCOCCOCCOCCNC(=O)CI)C(C)C)cc5)CC4)O2)O[C@@H]3C)O[C@@H]1C. The minimum absolute atomic E-state index is 0.0203. The number of urea groups is 1. The number of carbonyl (C=O) groups excluding carboxylic acids is 9. The van der Waals surface area contributed by atoms with Crippen LogP contribution in [0.1, 0.15) is 138 Å². The second kappa shape index (κ2) is 47.8. The summed E-state index contributed by atoms with van der Waals surface area (Å²) in [5, 5.41) is 19.8. The molecule has 1 aromatic rings. The summed E-state index contributed by atoms with van der Waals surface area (Å²) in [6.45, 7) is 19.5. The van der Waals surface area contributed by atoms with Crippen molar-refractivity contribution in [2.45, 2.75) is 205 Å². The zero-order valence-corrected chi connectivity index (χ0v) is 62.8. The lowest BCUT2D eigenvalue weighted by atomic mass is 9.86. The summed E-state index contributed by atoms with van der Waals surface area (Å²) >= 11 is 2.00. The largest absolute Gasteiger partial charge is 0.459 e. The van der Waals surface area contributed by atoms with Gasteiger partial charge in [-0.3, -0.25) is 33.6 Å². The summed E-state index contributed by atoms with van der Waals surface area (Å²) in [5.74, 6) is -2.44. The number of esters is 1. The Kier molecular flexibility index (Phi) is 40.4. The molecule has 11 atom stereocenters. The van der Waals surface area contributed by atoms with E-state index in [0.29, 0.717) is 107 Å². The molecule has 572 valence electrons. The smallest absolute Gasteiger partial charge is 0.433 e. The first kappa shape index (κ1) is 86.2. The first-order valence-corrected chi connectivity index (χ1v) is 37.2. The van der Waals surface area contributed by atoms with Gasteiger partial charge in [-0.05, 0) is 121 Å². The second-order valence-corrected chi connectivity index (χ2v) is 27.3. The highest BCUT2D eigenvalue weighted by Crippen LogP contribution is 2.49. The Bertz CT molecular complexity index is 2900. The number of hydrogen-bond donors (Lipinski definition) is 8. The summed E-state index contributed by atoms with van der Waals surface area (Å²) in [4.78, 5) is 117. The van der Waals surface area contributed by atoms with E-state index in [1.165, 1.54) is 13.0 Å². The van der Waals surface area contributed by atoms with E-state index in [1.54, 1.807) is 57.3 Å². The molecule has 3 heterocycles. The molecule has 1 spiro atoms. The monoisotopic (exact) mass is 1550 g/mol. The lowest BCUT2D eigenvalue weighted by Gasteiger charge is -2.39. The van der Waals surface area contributed by atoms with Gasteiger partial charge in [0, 0.05) is 63.3 Å². The molecule has 29 nitrogen and oxygen atoms in total. The Morgan fingerprint density at radius 2 is 1.35 bits per heavy atom. The molecule has 1 aliphatic carbocycles. The number of allylic oxidation sites excluding steroid dienone is 2. The van der Waals surface area contributed by atoms with E-state index in [1.807, 2.05) is 36.4 Å². The Balaban J connectivity index is 0.942. The number of hydrogen-bond acceptors (Lipinski definition) is 20. The molecule has 102 heavy (non-hydrogen) atoms. The van der Waals surface area contributed by atoms with Crippen LogP contribution in [0.2, 0.25) is 0 Å². The number of aliphatic imine (C=N–C) groups is 1. The van der Waals surface area contributed by atoms with Crippen molar-refractivity contribution in [3.63, 3.8) is 0 Å². The van der Waals surface area contributed by atoms with Crippen LogP contribution in [0.4, 0.5) is 15.3 Å². The number of primary amides is 1. The van der Waals surface area contributed by atoms with Crippen molar-refractivity contribution in [2.24, 2.45) is 28.5 Å². The third kappa shape index (κ3) is 35.3. The minimum atomic E-state index is -1.06. The highest BCUT2D eigenvalue weighted by molar-refractivity contribution is 14.1. The molecule has 5 rings (SSSR count). The number of rotatable bonds is 46. The first-order valence-electron chi connectivity index (χ1n) is 35.7. The molecule has 4 aliphatic rings. The fourth-order valence-corrected chi connectivity index (χ4v) is 12.2. The molecular weight excluding hydrogens is 1440 g/mol. The molecule has 9 amide bonds. The molecule has 0 unspecified atom stereocenters. The van der Waals surface area contributed by atoms with E-state index in [9.17, 15) is 43.2 Å². The fourth-order valence-electron chi connectivity index (χ4n) is 11.9. The van der Waals surface area contributed by atoms with E-state index in [2.05, 4.69) is 74.3 Å². The van der Waals surface area contributed by atoms with E-state index >= 15 is 0 Å². The number of anilines is 1. The number of nitrogens with two attached hydrogens (primary N) is 1. The van der Waals surface area contributed by atoms with Gasteiger partial charge >= 0.3 is 18.1 Å². The highest BCUT2D eigenvalue weighted by atomic mass is 127. The summed E-state index contributed by atoms with van der Waals surface area (Å²) in [6.07, 6.45) is 15.2. The standard InChI is InChI=1S/C72H112IN9O20/c1-47(2)67(82-64(85)25-28-92-30-32-94-34-36-96-38-39-97-37-35-95-33-31-93-29-27-75-66(87)44-73)69(89)81-60(10-9-26-76-70(74)90)68(88)79-57-20-16-55(17-21-57)46-98-71(91)77-45-54-14-18-56(19-15-54)78-65(86)41-59-43-72(52(7)102-72)42-58(101-59)22-11-48(3)12-23-62-49(4)40-61(51(6)100-62)80-63(84)24-13-50(5)99-53(8)83/h11-13,16-17,20-22,24,45,47,49-52,54,56,58-62,67H,9-10,14-15,18-19,23,25-44,46H2,1-8H3,(H,75,87)(H,78,86)(H,79,88)(H,80,84)(H,81,89)(H,82,85)(H3,74,76,90)/b22-11+,24-13-,48-12+,77-45?/t49-,50-,51+,52+,54?,56?,58+,59+,60-,61+,62-,67-,72+/m0/s1. The molecule has 0 radical (unpaired) electrons. The maximum Gasteiger partial charge on any atom is 0.433 e. The molecule has 0 bridgehead atoms. The third-order valence-corrected chi connectivity index (χ3v) is 18.4. The maximum atomic E-state index is 13.7. The Morgan fingerprint density at radius 1 is 0.725 bits per heavy atom. The topological polar surface area (TPSA) is 381 Å². The highest BCUT2D eigenvalue weighted by Gasteiger charge is 2.58. The van der Waals surface area contributed by atoms with Crippen molar-refractivity contribution in [3.8, 4) is 0 Å². The number of ether oxygens (including phenoxy) is 11. The average molecular weight is 1550 g/mol. The van der Waals surface area contributed by atoms with Crippen molar-refractivity contribution >= 4 is 88.0 Å². The van der Waals surface area contributed by atoms with Gasteiger partial charge in [-0.2, -0.15) is 4.99 Å². The predicted molar refractivity (Wildman–Crippen MR) is 388 cm³/mol. The van der Waals surface area contributed by atoms with E-state index < -0.39 is 54.0 Å². The molecule has 3 aliphatic heterocycles. The zero-order valence-electron chi connectivity index (χ0n) is 60.6. The number of halogens is 1. The molecule has 4 fully saturated rings.